The number of halogens is 1. The van der Waals surface area contributed by atoms with Gasteiger partial charge in [0.25, 0.3) is 0 Å². The summed E-state index contributed by atoms with van der Waals surface area (Å²) in [4.78, 5) is 4.13. The van der Waals surface area contributed by atoms with Crippen LogP contribution in [0.3, 0.4) is 0 Å². The van der Waals surface area contributed by atoms with E-state index in [2.05, 4.69) is 32.4 Å². The molecule has 1 fully saturated rings. The van der Waals surface area contributed by atoms with Crippen LogP contribution in [0.1, 0.15) is 19.8 Å². The van der Waals surface area contributed by atoms with Crippen molar-refractivity contribution in [3.05, 3.63) is 17.1 Å². The van der Waals surface area contributed by atoms with E-state index >= 15 is 0 Å². The molecule has 1 saturated carbocycles. The Hall–Kier alpha value is -0.310. The molecule has 1 aliphatic rings. The van der Waals surface area contributed by atoms with Crippen molar-refractivity contribution < 1.29 is 0 Å². The predicted octanol–water partition coefficient (Wildman–Crippen LogP) is 2.69. The average Bonchev–Trinajstić information content (AvgIpc) is 2.78. The van der Waals surface area contributed by atoms with Gasteiger partial charge in [-0.25, -0.2) is 4.98 Å². The summed E-state index contributed by atoms with van der Waals surface area (Å²) in [6.45, 7) is 3.44. The van der Waals surface area contributed by atoms with Gasteiger partial charge in [-0.3, -0.25) is 0 Å². The molecule has 1 unspecified atom stereocenters. The van der Waals surface area contributed by atoms with Gasteiger partial charge >= 0.3 is 0 Å². The topological polar surface area (TPSA) is 17.8 Å². The quantitative estimate of drug-likeness (QED) is 0.779. The highest BCUT2D eigenvalue weighted by Crippen LogP contribution is 2.37. The Kier molecular flexibility index (Phi) is 2.22. The SMILES string of the molecule is CC(Cn1cnc(Br)c1)C1CC1. The van der Waals surface area contributed by atoms with Crippen molar-refractivity contribution in [3.63, 3.8) is 0 Å². The molecule has 1 heterocycles. The van der Waals surface area contributed by atoms with E-state index < -0.39 is 0 Å². The summed E-state index contributed by atoms with van der Waals surface area (Å²) in [7, 11) is 0. The van der Waals surface area contributed by atoms with Gasteiger partial charge < -0.3 is 4.57 Å². The van der Waals surface area contributed by atoms with Crippen LogP contribution >= 0.6 is 15.9 Å². The molecule has 12 heavy (non-hydrogen) atoms. The van der Waals surface area contributed by atoms with Gasteiger partial charge in [0.05, 0.1) is 6.33 Å². The third-order valence-corrected chi connectivity index (χ3v) is 2.94. The normalized spacial score (nSPS) is 19.5. The highest BCUT2D eigenvalue weighted by atomic mass is 79.9. The monoisotopic (exact) mass is 228 g/mol. The lowest BCUT2D eigenvalue weighted by molar-refractivity contribution is 0.430. The van der Waals surface area contributed by atoms with Gasteiger partial charge in [0, 0.05) is 12.7 Å². The highest BCUT2D eigenvalue weighted by Gasteiger charge is 2.27. The fourth-order valence-electron chi connectivity index (χ4n) is 1.58. The molecular formula is C9H13BrN2. The Balaban J connectivity index is 1.93. The molecule has 2 rings (SSSR count). The van der Waals surface area contributed by atoms with Gasteiger partial charge in [-0.05, 0) is 40.6 Å². The van der Waals surface area contributed by atoms with Crippen molar-refractivity contribution in [3.8, 4) is 0 Å². The summed E-state index contributed by atoms with van der Waals surface area (Å²) in [5.41, 5.74) is 0. The fraction of sp³-hybridized carbons (Fsp3) is 0.667. The minimum atomic E-state index is 0.811. The van der Waals surface area contributed by atoms with Gasteiger partial charge in [-0.1, -0.05) is 6.92 Å². The molecule has 1 atom stereocenters. The molecule has 1 aromatic rings. The summed E-state index contributed by atoms with van der Waals surface area (Å²) in [5, 5.41) is 0. The van der Waals surface area contributed by atoms with E-state index in [0.717, 1.165) is 23.0 Å². The zero-order valence-electron chi connectivity index (χ0n) is 7.20. The molecule has 0 amide bonds. The Morgan fingerprint density at radius 1 is 1.75 bits per heavy atom. The molecule has 0 aliphatic heterocycles. The first-order valence-electron chi connectivity index (χ1n) is 4.43. The molecule has 1 aliphatic carbocycles. The van der Waals surface area contributed by atoms with Crippen LogP contribution in [0.2, 0.25) is 0 Å². The first-order valence-corrected chi connectivity index (χ1v) is 5.22. The number of hydrogen-bond acceptors (Lipinski definition) is 1. The molecule has 0 aromatic carbocycles. The summed E-state index contributed by atoms with van der Waals surface area (Å²) in [6, 6.07) is 0. The molecule has 3 heteroatoms. The molecule has 0 N–H and O–H groups in total. The Morgan fingerprint density at radius 2 is 2.50 bits per heavy atom. The van der Waals surface area contributed by atoms with Crippen LogP contribution in [-0.2, 0) is 6.54 Å². The van der Waals surface area contributed by atoms with Gasteiger partial charge in [0.2, 0.25) is 0 Å². The van der Waals surface area contributed by atoms with E-state index in [-0.39, 0.29) is 0 Å². The molecule has 1 aromatic heterocycles. The minimum absolute atomic E-state index is 0.811. The lowest BCUT2D eigenvalue weighted by Gasteiger charge is -2.09. The predicted molar refractivity (Wildman–Crippen MR) is 51.8 cm³/mol. The third-order valence-electron chi connectivity index (χ3n) is 2.53. The lowest BCUT2D eigenvalue weighted by Crippen LogP contribution is -2.07. The van der Waals surface area contributed by atoms with E-state index in [1.54, 1.807) is 0 Å². The Bertz CT molecular complexity index is 265. The van der Waals surface area contributed by atoms with E-state index in [1.165, 1.54) is 12.8 Å². The van der Waals surface area contributed by atoms with Crippen LogP contribution in [-0.4, -0.2) is 9.55 Å². The maximum atomic E-state index is 4.13. The first kappa shape index (κ1) is 8.30. The number of aromatic nitrogens is 2. The van der Waals surface area contributed by atoms with Crippen molar-refractivity contribution in [2.75, 3.05) is 0 Å². The van der Waals surface area contributed by atoms with Crippen LogP contribution in [0, 0.1) is 11.8 Å². The molecule has 66 valence electrons. The van der Waals surface area contributed by atoms with Gasteiger partial charge in [-0.2, -0.15) is 0 Å². The number of imidazole rings is 1. The van der Waals surface area contributed by atoms with Crippen molar-refractivity contribution >= 4 is 15.9 Å². The largest absolute Gasteiger partial charge is 0.336 e. The molecular weight excluding hydrogens is 216 g/mol. The lowest BCUT2D eigenvalue weighted by atomic mass is 10.1. The summed E-state index contributed by atoms with van der Waals surface area (Å²) in [5.74, 6) is 1.79. The minimum Gasteiger partial charge on any atom is -0.336 e. The van der Waals surface area contributed by atoms with Gasteiger partial charge in [0.15, 0.2) is 0 Å². The van der Waals surface area contributed by atoms with Crippen LogP contribution in [0.4, 0.5) is 0 Å². The van der Waals surface area contributed by atoms with Crippen LogP contribution in [0.5, 0.6) is 0 Å². The maximum Gasteiger partial charge on any atom is 0.124 e. The van der Waals surface area contributed by atoms with Crippen molar-refractivity contribution in [1.29, 1.82) is 0 Å². The molecule has 0 spiro atoms. The van der Waals surface area contributed by atoms with E-state index in [1.807, 2.05) is 12.5 Å². The van der Waals surface area contributed by atoms with Crippen LogP contribution in [0.15, 0.2) is 17.1 Å². The van der Waals surface area contributed by atoms with Gasteiger partial charge in [0.1, 0.15) is 4.60 Å². The third kappa shape index (κ3) is 1.89. The second-order valence-electron chi connectivity index (χ2n) is 3.71. The summed E-state index contributed by atoms with van der Waals surface area (Å²) < 4.78 is 3.10. The smallest absolute Gasteiger partial charge is 0.124 e. The Morgan fingerprint density at radius 3 is 3.00 bits per heavy atom. The zero-order valence-corrected chi connectivity index (χ0v) is 8.79. The average molecular weight is 229 g/mol. The van der Waals surface area contributed by atoms with Gasteiger partial charge in [-0.15, -0.1) is 0 Å². The second-order valence-corrected chi connectivity index (χ2v) is 4.52. The molecule has 2 nitrogen and oxygen atoms in total. The fourth-order valence-corrected chi connectivity index (χ4v) is 1.93. The van der Waals surface area contributed by atoms with Crippen molar-refractivity contribution in [1.82, 2.24) is 9.55 Å². The summed E-state index contributed by atoms with van der Waals surface area (Å²) >= 11 is 3.34. The zero-order chi connectivity index (χ0) is 8.55. The highest BCUT2D eigenvalue weighted by molar-refractivity contribution is 9.10. The second kappa shape index (κ2) is 3.21. The van der Waals surface area contributed by atoms with Crippen molar-refractivity contribution in [2.24, 2.45) is 11.8 Å². The van der Waals surface area contributed by atoms with E-state index in [0.29, 0.717) is 0 Å². The first-order chi connectivity index (χ1) is 5.75. The van der Waals surface area contributed by atoms with E-state index in [9.17, 15) is 0 Å². The standard InChI is InChI=1S/C9H13BrN2/c1-7(8-2-3-8)4-12-5-9(10)11-6-12/h5-8H,2-4H2,1H3. The molecule has 0 saturated heterocycles. The molecule has 0 radical (unpaired) electrons. The molecule has 0 bridgehead atoms. The van der Waals surface area contributed by atoms with Crippen LogP contribution in [0.25, 0.3) is 0 Å². The van der Waals surface area contributed by atoms with E-state index in [4.69, 9.17) is 0 Å². The van der Waals surface area contributed by atoms with Crippen LogP contribution < -0.4 is 0 Å². The van der Waals surface area contributed by atoms with Crippen molar-refractivity contribution in [2.45, 2.75) is 26.3 Å². The number of nitrogens with zero attached hydrogens (tertiary/aromatic N) is 2. The maximum absolute atomic E-state index is 4.13. The number of rotatable bonds is 3. The Labute approximate surface area is 81.1 Å². The number of hydrogen-bond donors (Lipinski definition) is 0. The summed E-state index contributed by atoms with van der Waals surface area (Å²) in [6.07, 6.45) is 6.79.